The van der Waals surface area contributed by atoms with Gasteiger partial charge in [-0.15, -0.1) is 0 Å². The molecule has 0 aliphatic carbocycles. The third kappa shape index (κ3) is 3.44. The maximum atomic E-state index is 12.2. The van der Waals surface area contributed by atoms with E-state index in [0.717, 1.165) is 11.0 Å². The molecule has 0 bridgehead atoms. The van der Waals surface area contributed by atoms with Gasteiger partial charge in [0.05, 0.1) is 21.5 Å². The van der Waals surface area contributed by atoms with Crippen LogP contribution in [0.3, 0.4) is 0 Å². The number of hydrogen-bond acceptors (Lipinski definition) is 4. The Morgan fingerprint density at radius 2 is 1.83 bits per heavy atom. The number of aromatic amines is 1. The molecular weight excluding hydrogens is 330 g/mol. The summed E-state index contributed by atoms with van der Waals surface area (Å²) in [6.45, 7) is 0.183. The number of rotatable bonds is 6. The Balaban J connectivity index is 1.65. The Kier molecular flexibility index (Phi) is 4.32. The summed E-state index contributed by atoms with van der Waals surface area (Å²) in [6.07, 6.45) is 0.418. The molecule has 7 nitrogen and oxygen atoms in total. The van der Waals surface area contributed by atoms with E-state index in [2.05, 4.69) is 14.7 Å². The van der Waals surface area contributed by atoms with E-state index in [1.807, 2.05) is 24.3 Å². The van der Waals surface area contributed by atoms with Crippen LogP contribution >= 0.6 is 0 Å². The number of H-pyrrole nitrogens is 1. The van der Waals surface area contributed by atoms with Crippen molar-refractivity contribution in [2.75, 3.05) is 6.54 Å². The summed E-state index contributed by atoms with van der Waals surface area (Å²) >= 11 is 0. The van der Waals surface area contributed by atoms with Gasteiger partial charge in [-0.1, -0.05) is 12.1 Å². The highest BCUT2D eigenvalue weighted by atomic mass is 32.2. The molecule has 0 saturated heterocycles. The van der Waals surface area contributed by atoms with Crippen LogP contribution in [0, 0.1) is 0 Å². The van der Waals surface area contributed by atoms with Gasteiger partial charge in [0.15, 0.2) is 0 Å². The summed E-state index contributed by atoms with van der Waals surface area (Å²) < 4.78 is 26.9. The van der Waals surface area contributed by atoms with Crippen molar-refractivity contribution in [3.8, 4) is 0 Å². The summed E-state index contributed by atoms with van der Waals surface area (Å²) in [5.74, 6) is -0.406. The first-order valence-corrected chi connectivity index (χ1v) is 8.71. The Hall–Kier alpha value is -2.71. The first kappa shape index (κ1) is 16.2. The van der Waals surface area contributed by atoms with Crippen LogP contribution < -0.4 is 4.72 Å². The van der Waals surface area contributed by atoms with Crippen molar-refractivity contribution < 1.29 is 18.3 Å². The molecule has 1 heterocycles. The van der Waals surface area contributed by atoms with Crippen molar-refractivity contribution >= 4 is 27.0 Å². The molecule has 124 valence electrons. The molecule has 0 spiro atoms. The summed E-state index contributed by atoms with van der Waals surface area (Å²) in [7, 11) is -3.69. The average Bonchev–Trinajstić information content (AvgIpc) is 2.97. The average molecular weight is 345 g/mol. The van der Waals surface area contributed by atoms with Gasteiger partial charge in [-0.05, 0) is 36.4 Å². The number of carbonyl (C=O) groups is 1. The highest BCUT2D eigenvalue weighted by Gasteiger charge is 2.14. The molecule has 0 saturated carbocycles. The molecule has 3 aromatic rings. The lowest BCUT2D eigenvalue weighted by molar-refractivity contribution is 0.0696. The predicted octanol–water partition coefficient (Wildman–Crippen LogP) is 1.78. The lowest BCUT2D eigenvalue weighted by Crippen LogP contribution is -2.26. The summed E-state index contributed by atoms with van der Waals surface area (Å²) in [6, 6.07) is 12.6. The van der Waals surface area contributed by atoms with Crippen LogP contribution in [0.25, 0.3) is 11.0 Å². The smallest absolute Gasteiger partial charge is 0.335 e. The number of para-hydroxylation sites is 2. The number of nitrogens with zero attached hydrogens (tertiary/aromatic N) is 1. The standard InChI is InChI=1S/C16H15N3O4S/c20-16(21)11-5-7-12(8-6-11)24(22,23)17-10-9-15-18-13-3-1-2-4-14(13)19-15/h1-8,17H,9-10H2,(H,18,19)(H,20,21). The monoisotopic (exact) mass is 345 g/mol. The zero-order valence-electron chi connectivity index (χ0n) is 12.6. The number of carboxylic acid groups (broad SMARTS) is 1. The Labute approximate surface area is 138 Å². The van der Waals surface area contributed by atoms with E-state index in [1.165, 1.54) is 24.3 Å². The second-order valence-corrected chi connectivity index (χ2v) is 6.94. The van der Waals surface area contributed by atoms with Gasteiger partial charge in [-0.3, -0.25) is 0 Å². The van der Waals surface area contributed by atoms with Crippen molar-refractivity contribution in [2.45, 2.75) is 11.3 Å². The van der Waals surface area contributed by atoms with Crippen molar-refractivity contribution in [2.24, 2.45) is 0 Å². The van der Waals surface area contributed by atoms with Gasteiger partial charge in [0.2, 0.25) is 10.0 Å². The topological polar surface area (TPSA) is 112 Å². The summed E-state index contributed by atoms with van der Waals surface area (Å²) in [5, 5.41) is 8.83. The van der Waals surface area contributed by atoms with Crippen LogP contribution in [0.2, 0.25) is 0 Å². The molecule has 0 aliphatic rings. The van der Waals surface area contributed by atoms with Gasteiger partial charge in [0.25, 0.3) is 0 Å². The van der Waals surface area contributed by atoms with E-state index < -0.39 is 16.0 Å². The van der Waals surface area contributed by atoms with Gasteiger partial charge in [0, 0.05) is 13.0 Å². The molecule has 8 heteroatoms. The number of hydrogen-bond donors (Lipinski definition) is 3. The molecule has 3 rings (SSSR count). The third-order valence-electron chi connectivity index (χ3n) is 3.50. The zero-order chi connectivity index (χ0) is 17.2. The number of aromatic nitrogens is 2. The second-order valence-electron chi connectivity index (χ2n) is 5.18. The highest BCUT2D eigenvalue weighted by molar-refractivity contribution is 7.89. The molecule has 0 amide bonds. The molecule has 24 heavy (non-hydrogen) atoms. The van der Waals surface area contributed by atoms with E-state index in [9.17, 15) is 13.2 Å². The van der Waals surface area contributed by atoms with Crippen LogP contribution in [0.4, 0.5) is 0 Å². The van der Waals surface area contributed by atoms with E-state index in [4.69, 9.17) is 5.11 Å². The largest absolute Gasteiger partial charge is 0.478 e. The van der Waals surface area contributed by atoms with E-state index in [0.29, 0.717) is 12.2 Å². The number of benzene rings is 2. The van der Waals surface area contributed by atoms with E-state index >= 15 is 0 Å². The van der Waals surface area contributed by atoms with Gasteiger partial charge < -0.3 is 10.1 Å². The maximum absolute atomic E-state index is 12.2. The molecule has 0 fully saturated rings. The highest BCUT2D eigenvalue weighted by Crippen LogP contribution is 2.12. The molecule has 0 atom stereocenters. The van der Waals surface area contributed by atoms with Gasteiger partial charge in [0.1, 0.15) is 5.82 Å². The Bertz CT molecular complexity index is 945. The minimum absolute atomic E-state index is 0.0251. The molecular formula is C16H15N3O4S. The third-order valence-corrected chi connectivity index (χ3v) is 4.98. The van der Waals surface area contributed by atoms with Crippen LogP contribution in [0.15, 0.2) is 53.4 Å². The van der Waals surface area contributed by atoms with Crippen LogP contribution in [-0.2, 0) is 16.4 Å². The van der Waals surface area contributed by atoms with E-state index in [1.54, 1.807) is 0 Å². The molecule has 2 aromatic carbocycles. The van der Waals surface area contributed by atoms with Crippen molar-refractivity contribution in [3.05, 3.63) is 59.9 Å². The van der Waals surface area contributed by atoms with Crippen molar-refractivity contribution in [1.82, 2.24) is 14.7 Å². The van der Waals surface area contributed by atoms with E-state index in [-0.39, 0.29) is 17.0 Å². The minimum Gasteiger partial charge on any atom is -0.478 e. The fraction of sp³-hybridized carbons (Fsp3) is 0.125. The molecule has 0 unspecified atom stereocenters. The zero-order valence-corrected chi connectivity index (χ0v) is 13.4. The number of nitrogens with one attached hydrogen (secondary N) is 2. The molecule has 0 radical (unpaired) electrons. The minimum atomic E-state index is -3.69. The van der Waals surface area contributed by atoms with Crippen LogP contribution in [0.1, 0.15) is 16.2 Å². The number of aromatic carboxylic acids is 1. The predicted molar refractivity (Wildman–Crippen MR) is 88.4 cm³/mol. The molecule has 0 aliphatic heterocycles. The number of fused-ring (bicyclic) bond motifs is 1. The Morgan fingerprint density at radius 1 is 1.12 bits per heavy atom. The lowest BCUT2D eigenvalue weighted by atomic mass is 10.2. The van der Waals surface area contributed by atoms with Crippen molar-refractivity contribution in [1.29, 1.82) is 0 Å². The summed E-state index contributed by atoms with van der Waals surface area (Å²) in [5.41, 5.74) is 1.77. The fourth-order valence-electron chi connectivity index (χ4n) is 2.29. The van der Waals surface area contributed by atoms with Gasteiger partial charge in [-0.25, -0.2) is 22.9 Å². The first-order chi connectivity index (χ1) is 11.5. The lowest BCUT2D eigenvalue weighted by Gasteiger charge is -2.06. The number of carboxylic acids is 1. The van der Waals surface area contributed by atoms with Crippen LogP contribution in [-0.4, -0.2) is 36.0 Å². The van der Waals surface area contributed by atoms with Crippen LogP contribution in [0.5, 0.6) is 0 Å². The molecule has 3 N–H and O–H groups in total. The fourth-order valence-corrected chi connectivity index (χ4v) is 3.32. The van der Waals surface area contributed by atoms with Gasteiger partial charge in [-0.2, -0.15) is 0 Å². The SMILES string of the molecule is O=C(O)c1ccc(S(=O)(=O)NCCc2nc3ccccc3[nH]2)cc1. The number of sulfonamides is 1. The van der Waals surface area contributed by atoms with Gasteiger partial charge >= 0.3 is 5.97 Å². The number of imidazole rings is 1. The van der Waals surface area contributed by atoms with Crippen molar-refractivity contribution in [3.63, 3.8) is 0 Å². The first-order valence-electron chi connectivity index (χ1n) is 7.22. The Morgan fingerprint density at radius 3 is 2.50 bits per heavy atom. The second kappa shape index (κ2) is 6.42. The maximum Gasteiger partial charge on any atom is 0.335 e. The summed E-state index contributed by atoms with van der Waals surface area (Å²) in [4.78, 5) is 18.3. The molecule has 1 aromatic heterocycles. The quantitative estimate of drug-likeness (QED) is 0.630. The normalized spacial score (nSPS) is 11.7.